The van der Waals surface area contributed by atoms with Crippen molar-refractivity contribution in [3.05, 3.63) is 6.33 Å². The largest absolute Gasteiger partial charge is 0.346 e. The number of anilines is 1. The zero-order valence-corrected chi connectivity index (χ0v) is 9.27. The Hall–Kier alpha value is -0.290. The fourth-order valence-electron chi connectivity index (χ4n) is 1.51. The van der Waals surface area contributed by atoms with Crippen LogP contribution in [0.25, 0.3) is 0 Å². The molecule has 1 aliphatic rings. The van der Waals surface area contributed by atoms with Gasteiger partial charge in [-0.3, -0.25) is 0 Å². The maximum absolute atomic E-state index is 4.22. The summed E-state index contributed by atoms with van der Waals surface area (Å²) in [5.41, 5.74) is 0. The molecule has 1 aromatic heterocycles. The highest BCUT2D eigenvalue weighted by molar-refractivity contribution is 7.99. The van der Waals surface area contributed by atoms with Gasteiger partial charge in [-0.15, -0.1) is 0 Å². The van der Waals surface area contributed by atoms with Crippen LogP contribution in [0.3, 0.4) is 0 Å². The summed E-state index contributed by atoms with van der Waals surface area (Å²) >= 11 is 3.52. The number of aromatic nitrogens is 2. The van der Waals surface area contributed by atoms with Crippen LogP contribution in [-0.4, -0.2) is 34.0 Å². The topological polar surface area (TPSA) is 29.0 Å². The summed E-state index contributed by atoms with van der Waals surface area (Å²) < 4.78 is 4.02. The van der Waals surface area contributed by atoms with Crippen LogP contribution in [0.15, 0.2) is 6.33 Å². The van der Waals surface area contributed by atoms with E-state index < -0.39 is 0 Å². The predicted molar refractivity (Wildman–Crippen MR) is 58.7 cm³/mol. The maximum Gasteiger partial charge on any atom is 0.204 e. The summed E-state index contributed by atoms with van der Waals surface area (Å²) in [6.07, 6.45) is 4.26. The van der Waals surface area contributed by atoms with E-state index >= 15 is 0 Å². The van der Waals surface area contributed by atoms with Crippen molar-refractivity contribution in [2.24, 2.45) is 0 Å². The molecule has 1 unspecified atom stereocenters. The minimum atomic E-state index is 0.659. The third kappa shape index (κ3) is 2.14. The number of hydrogen-bond acceptors (Lipinski definition) is 5. The van der Waals surface area contributed by atoms with E-state index in [2.05, 4.69) is 21.3 Å². The van der Waals surface area contributed by atoms with Crippen LogP contribution in [0.1, 0.15) is 12.8 Å². The van der Waals surface area contributed by atoms with Crippen LogP contribution in [0, 0.1) is 0 Å². The Kier molecular flexibility index (Phi) is 3.05. The Morgan fingerprint density at radius 3 is 3.15 bits per heavy atom. The normalized spacial score (nSPS) is 23.0. The lowest BCUT2D eigenvalue weighted by Gasteiger charge is -2.30. The minimum Gasteiger partial charge on any atom is -0.346 e. The summed E-state index contributed by atoms with van der Waals surface area (Å²) in [6, 6.07) is 0.659. The van der Waals surface area contributed by atoms with E-state index in [4.69, 9.17) is 0 Å². The molecule has 0 aromatic carbocycles. The molecule has 0 radical (unpaired) electrons. The molecule has 1 fully saturated rings. The summed E-state index contributed by atoms with van der Waals surface area (Å²) in [5, 5.41) is 1.05. The Labute approximate surface area is 86.7 Å². The molecule has 1 saturated heterocycles. The van der Waals surface area contributed by atoms with Crippen LogP contribution in [0.2, 0.25) is 0 Å². The van der Waals surface area contributed by atoms with E-state index in [1.165, 1.54) is 35.9 Å². The second-order valence-electron chi connectivity index (χ2n) is 3.21. The van der Waals surface area contributed by atoms with Gasteiger partial charge in [0.25, 0.3) is 0 Å². The molecule has 0 saturated carbocycles. The molecule has 13 heavy (non-hydrogen) atoms. The first kappa shape index (κ1) is 9.27. The van der Waals surface area contributed by atoms with Crippen molar-refractivity contribution in [1.29, 1.82) is 0 Å². The van der Waals surface area contributed by atoms with E-state index in [9.17, 15) is 0 Å². The standard InChI is InChI=1S/C8H13N3S2/c1-11(8-9-6-10-13-8)7-3-2-4-12-5-7/h6-7H,2-5H2,1H3. The van der Waals surface area contributed by atoms with Crippen molar-refractivity contribution < 1.29 is 0 Å². The van der Waals surface area contributed by atoms with Crippen LogP contribution >= 0.6 is 23.3 Å². The Balaban J connectivity index is 1.99. The fraction of sp³-hybridized carbons (Fsp3) is 0.750. The maximum atomic E-state index is 4.22. The fourth-order valence-corrected chi connectivity index (χ4v) is 3.27. The molecule has 0 aliphatic carbocycles. The first-order chi connectivity index (χ1) is 6.38. The second-order valence-corrected chi connectivity index (χ2v) is 5.11. The third-order valence-corrected chi connectivity index (χ3v) is 4.29. The predicted octanol–water partition coefficient (Wildman–Crippen LogP) is 1.87. The number of hydrogen-bond donors (Lipinski definition) is 0. The number of thioether (sulfide) groups is 1. The van der Waals surface area contributed by atoms with Crippen molar-refractivity contribution >= 4 is 28.4 Å². The number of nitrogens with zero attached hydrogens (tertiary/aromatic N) is 3. The van der Waals surface area contributed by atoms with Gasteiger partial charge in [-0.25, -0.2) is 4.98 Å². The lowest BCUT2D eigenvalue weighted by Crippen LogP contribution is -2.35. The summed E-state index contributed by atoms with van der Waals surface area (Å²) in [4.78, 5) is 6.48. The highest BCUT2D eigenvalue weighted by Gasteiger charge is 2.19. The van der Waals surface area contributed by atoms with Crippen LogP contribution in [0.5, 0.6) is 0 Å². The monoisotopic (exact) mass is 215 g/mol. The molecule has 2 heterocycles. The van der Waals surface area contributed by atoms with Crippen LogP contribution in [0.4, 0.5) is 5.13 Å². The van der Waals surface area contributed by atoms with Gasteiger partial charge in [0.05, 0.1) is 0 Å². The molecule has 0 spiro atoms. The molecule has 0 N–H and O–H groups in total. The van der Waals surface area contributed by atoms with Crippen molar-refractivity contribution in [3.8, 4) is 0 Å². The number of rotatable bonds is 2. The molecule has 0 bridgehead atoms. The molecule has 1 aromatic rings. The van der Waals surface area contributed by atoms with E-state index in [0.29, 0.717) is 6.04 Å². The lowest BCUT2D eigenvalue weighted by molar-refractivity contribution is 0.612. The van der Waals surface area contributed by atoms with E-state index in [1.54, 1.807) is 6.33 Å². The van der Waals surface area contributed by atoms with E-state index in [1.807, 2.05) is 11.8 Å². The van der Waals surface area contributed by atoms with E-state index in [0.717, 1.165) is 5.13 Å². The Bertz CT molecular complexity index is 244. The second kappa shape index (κ2) is 4.28. The van der Waals surface area contributed by atoms with Gasteiger partial charge in [-0.05, 0) is 18.6 Å². The molecule has 2 rings (SSSR count). The van der Waals surface area contributed by atoms with Gasteiger partial charge in [-0.2, -0.15) is 16.1 Å². The molecule has 3 nitrogen and oxygen atoms in total. The van der Waals surface area contributed by atoms with Gasteiger partial charge in [0.15, 0.2) is 0 Å². The molecular weight excluding hydrogens is 202 g/mol. The zero-order chi connectivity index (χ0) is 9.10. The Morgan fingerprint density at radius 2 is 2.54 bits per heavy atom. The lowest BCUT2D eigenvalue weighted by atomic mass is 10.2. The van der Waals surface area contributed by atoms with Gasteiger partial charge in [0.2, 0.25) is 5.13 Å². The molecular formula is C8H13N3S2. The first-order valence-electron chi connectivity index (χ1n) is 4.45. The third-order valence-electron chi connectivity index (χ3n) is 2.34. The minimum absolute atomic E-state index is 0.659. The molecule has 1 aliphatic heterocycles. The molecule has 72 valence electrons. The molecule has 1 atom stereocenters. The van der Waals surface area contributed by atoms with Crippen molar-refractivity contribution in [2.45, 2.75) is 18.9 Å². The zero-order valence-electron chi connectivity index (χ0n) is 7.64. The van der Waals surface area contributed by atoms with Gasteiger partial charge in [-0.1, -0.05) is 0 Å². The van der Waals surface area contributed by atoms with Crippen LogP contribution in [-0.2, 0) is 0 Å². The summed E-state index contributed by atoms with van der Waals surface area (Å²) in [6.45, 7) is 0. The molecule has 0 amide bonds. The van der Waals surface area contributed by atoms with Gasteiger partial charge in [0, 0.05) is 30.4 Å². The highest BCUT2D eigenvalue weighted by Crippen LogP contribution is 2.25. The Morgan fingerprint density at radius 1 is 1.62 bits per heavy atom. The van der Waals surface area contributed by atoms with E-state index in [-0.39, 0.29) is 0 Å². The van der Waals surface area contributed by atoms with Gasteiger partial charge < -0.3 is 4.90 Å². The molecule has 5 heteroatoms. The van der Waals surface area contributed by atoms with Crippen molar-refractivity contribution in [3.63, 3.8) is 0 Å². The van der Waals surface area contributed by atoms with Crippen molar-refractivity contribution in [1.82, 2.24) is 9.36 Å². The average molecular weight is 215 g/mol. The average Bonchev–Trinajstić information content (AvgIpc) is 2.71. The first-order valence-corrected chi connectivity index (χ1v) is 6.38. The van der Waals surface area contributed by atoms with Gasteiger partial charge in [0.1, 0.15) is 6.33 Å². The quantitative estimate of drug-likeness (QED) is 0.753. The smallest absolute Gasteiger partial charge is 0.204 e. The van der Waals surface area contributed by atoms with Gasteiger partial charge >= 0.3 is 0 Å². The van der Waals surface area contributed by atoms with Crippen LogP contribution < -0.4 is 4.90 Å². The highest BCUT2D eigenvalue weighted by atomic mass is 32.2. The summed E-state index contributed by atoms with van der Waals surface area (Å²) in [7, 11) is 2.12. The SMILES string of the molecule is CN(c1ncns1)C1CCCSC1. The summed E-state index contributed by atoms with van der Waals surface area (Å²) in [5.74, 6) is 2.55. The van der Waals surface area contributed by atoms with Crippen molar-refractivity contribution in [2.75, 3.05) is 23.5 Å².